The highest BCUT2D eigenvalue weighted by molar-refractivity contribution is 5.76. The Labute approximate surface area is 139 Å². The van der Waals surface area contributed by atoms with E-state index in [2.05, 4.69) is 10.1 Å². The number of aliphatic hydroxyl groups is 1. The minimum atomic E-state index is -0.399. The van der Waals surface area contributed by atoms with Crippen molar-refractivity contribution < 1.29 is 24.2 Å². The van der Waals surface area contributed by atoms with Crippen molar-refractivity contribution >= 4 is 11.9 Å². The fourth-order valence-corrected chi connectivity index (χ4v) is 2.20. The number of rotatable bonds is 13. The van der Waals surface area contributed by atoms with Gasteiger partial charge in [-0.3, -0.25) is 9.59 Å². The number of methoxy groups -OCH3 is 1. The SMILES string of the molecule is COC(=O)CCNC(CC(C)C)C(=O)OCC(C)CCCCO. The number of ether oxygens (including phenoxy) is 2. The summed E-state index contributed by atoms with van der Waals surface area (Å²) in [5, 5.41) is 11.9. The molecule has 0 heterocycles. The Bertz CT molecular complexity index is 333. The van der Waals surface area contributed by atoms with E-state index >= 15 is 0 Å². The van der Waals surface area contributed by atoms with Crippen molar-refractivity contribution in [3.05, 3.63) is 0 Å². The lowest BCUT2D eigenvalue weighted by atomic mass is 10.0. The predicted octanol–water partition coefficient (Wildman–Crippen LogP) is 1.90. The van der Waals surface area contributed by atoms with Crippen LogP contribution in [0.4, 0.5) is 0 Å². The smallest absolute Gasteiger partial charge is 0.323 e. The van der Waals surface area contributed by atoms with Crippen LogP contribution in [0.25, 0.3) is 0 Å². The van der Waals surface area contributed by atoms with E-state index in [-0.39, 0.29) is 30.9 Å². The molecule has 0 fully saturated rings. The minimum Gasteiger partial charge on any atom is -0.469 e. The van der Waals surface area contributed by atoms with Gasteiger partial charge in [0, 0.05) is 13.2 Å². The summed E-state index contributed by atoms with van der Waals surface area (Å²) < 4.78 is 9.99. The molecule has 23 heavy (non-hydrogen) atoms. The first kappa shape index (κ1) is 21.9. The van der Waals surface area contributed by atoms with Gasteiger partial charge >= 0.3 is 11.9 Å². The molecule has 2 unspecified atom stereocenters. The average Bonchev–Trinajstić information content (AvgIpc) is 2.51. The second kappa shape index (κ2) is 13.3. The van der Waals surface area contributed by atoms with E-state index in [9.17, 15) is 9.59 Å². The third-order valence-corrected chi connectivity index (χ3v) is 3.55. The zero-order chi connectivity index (χ0) is 17.7. The third kappa shape index (κ3) is 12.0. The molecule has 0 aliphatic heterocycles. The molecule has 0 bridgehead atoms. The Kier molecular flexibility index (Phi) is 12.7. The van der Waals surface area contributed by atoms with Gasteiger partial charge in [-0.15, -0.1) is 0 Å². The second-order valence-electron chi connectivity index (χ2n) is 6.42. The molecule has 0 radical (unpaired) electrons. The first-order valence-corrected chi connectivity index (χ1v) is 8.48. The number of carbonyl (C=O) groups excluding carboxylic acids is 2. The largest absolute Gasteiger partial charge is 0.469 e. The topological polar surface area (TPSA) is 84.9 Å². The van der Waals surface area contributed by atoms with Crippen LogP contribution in [0.5, 0.6) is 0 Å². The van der Waals surface area contributed by atoms with Gasteiger partial charge in [0.05, 0.1) is 20.1 Å². The van der Waals surface area contributed by atoms with Crippen LogP contribution in [-0.4, -0.2) is 50.0 Å². The van der Waals surface area contributed by atoms with Gasteiger partial charge in [0.15, 0.2) is 0 Å². The molecule has 6 heteroatoms. The first-order valence-electron chi connectivity index (χ1n) is 8.48. The molecule has 0 aromatic carbocycles. The molecule has 2 atom stereocenters. The average molecular weight is 331 g/mol. The van der Waals surface area contributed by atoms with Crippen molar-refractivity contribution in [2.45, 2.75) is 58.9 Å². The molecule has 0 saturated heterocycles. The third-order valence-electron chi connectivity index (χ3n) is 3.55. The molecule has 136 valence electrons. The Morgan fingerprint density at radius 2 is 1.87 bits per heavy atom. The Hall–Kier alpha value is -1.14. The van der Waals surface area contributed by atoms with Crippen LogP contribution in [-0.2, 0) is 19.1 Å². The van der Waals surface area contributed by atoms with Crippen LogP contribution in [0.1, 0.15) is 52.9 Å². The van der Waals surface area contributed by atoms with Crippen LogP contribution >= 0.6 is 0 Å². The molecule has 0 saturated carbocycles. The fraction of sp³-hybridized carbons (Fsp3) is 0.882. The Balaban J connectivity index is 4.20. The predicted molar refractivity (Wildman–Crippen MR) is 88.9 cm³/mol. The van der Waals surface area contributed by atoms with E-state index in [1.165, 1.54) is 7.11 Å². The van der Waals surface area contributed by atoms with E-state index in [1.807, 2.05) is 20.8 Å². The summed E-state index contributed by atoms with van der Waals surface area (Å²) >= 11 is 0. The maximum absolute atomic E-state index is 12.2. The standard InChI is InChI=1S/C17H33NO5/c1-13(2)11-15(18-9-8-16(20)22-4)17(21)23-12-14(3)7-5-6-10-19/h13-15,18-19H,5-12H2,1-4H3. The molecule has 0 aromatic heterocycles. The van der Waals surface area contributed by atoms with Gasteiger partial charge in [0.25, 0.3) is 0 Å². The number of carbonyl (C=O) groups is 2. The van der Waals surface area contributed by atoms with E-state index < -0.39 is 6.04 Å². The summed E-state index contributed by atoms with van der Waals surface area (Å²) in [6.45, 7) is 7.10. The van der Waals surface area contributed by atoms with E-state index in [4.69, 9.17) is 9.84 Å². The van der Waals surface area contributed by atoms with Crippen molar-refractivity contribution in [1.29, 1.82) is 0 Å². The molecule has 0 rings (SSSR count). The molecular weight excluding hydrogens is 298 g/mol. The summed E-state index contributed by atoms with van der Waals surface area (Å²) in [7, 11) is 1.35. The molecule has 2 N–H and O–H groups in total. The molecule has 0 aliphatic rings. The first-order chi connectivity index (χ1) is 10.9. The zero-order valence-electron chi connectivity index (χ0n) is 15.0. The fourth-order valence-electron chi connectivity index (χ4n) is 2.20. The Morgan fingerprint density at radius 3 is 2.43 bits per heavy atom. The van der Waals surface area contributed by atoms with Gasteiger partial charge in [0.2, 0.25) is 0 Å². The number of nitrogens with one attached hydrogen (secondary N) is 1. The van der Waals surface area contributed by atoms with Gasteiger partial charge in [-0.2, -0.15) is 0 Å². The minimum absolute atomic E-state index is 0.201. The lowest BCUT2D eigenvalue weighted by molar-refractivity contribution is -0.148. The highest BCUT2D eigenvalue weighted by atomic mass is 16.5. The maximum atomic E-state index is 12.2. The lowest BCUT2D eigenvalue weighted by Gasteiger charge is -2.20. The van der Waals surface area contributed by atoms with Crippen molar-refractivity contribution in [2.75, 3.05) is 26.9 Å². The maximum Gasteiger partial charge on any atom is 0.323 e. The summed E-state index contributed by atoms with van der Waals surface area (Å²) in [6, 6.07) is -0.399. The lowest BCUT2D eigenvalue weighted by Crippen LogP contribution is -2.40. The molecule has 6 nitrogen and oxygen atoms in total. The molecule has 0 aliphatic carbocycles. The quantitative estimate of drug-likeness (QED) is 0.396. The van der Waals surface area contributed by atoms with Crippen LogP contribution in [0, 0.1) is 11.8 Å². The van der Waals surface area contributed by atoms with Crippen molar-refractivity contribution in [3.8, 4) is 0 Å². The molecular formula is C17H33NO5. The van der Waals surface area contributed by atoms with Gasteiger partial charge in [-0.25, -0.2) is 0 Å². The van der Waals surface area contributed by atoms with Gasteiger partial charge in [0.1, 0.15) is 6.04 Å². The monoisotopic (exact) mass is 331 g/mol. The summed E-state index contributed by atoms with van der Waals surface area (Å²) in [6.07, 6.45) is 3.54. The van der Waals surface area contributed by atoms with Gasteiger partial charge in [-0.1, -0.05) is 27.2 Å². The molecule has 0 spiro atoms. The number of unbranched alkanes of at least 4 members (excludes halogenated alkanes) is 1. The molecule has 0 aromatic rings. The summed E-state index contributed by atoms with van der Waals surface area (Å²) in [4.78, 5) is 23.3. The Morgan fingerprint density at radius 1 is 1.17 bits per heavy atom. The highest BCUT2D eigenvalue weighted by Crippen LogP contribution is 2.11. The van der Waals surface area contributed by atoms with Crippen LogP contribution in [0.3, 0.4) is 0 Å². The summed E-state index contributed by atoms with van der Waals surface area (Å²) in [5.41, 5.74) is 0. The van der Waals surface area contributed by atoms with Crippen LogP contribution in [0.15, 0.2) is 0 Å². The molecule has 0 amide bonds. The van der Waals surface area contributed by atoms with Crippen molar-refractivity contribution in [3.63, 3.8) is 0 Å². The number of esters is 2. The van der Waals surface area contributed by atoms with Crippen molar-refractivity contribution in [1.82, 2.24) is 5.32 Å². The number of aliphatic hydroxyl groups excluding tert-OH is 1. The second-order valence-corrected chi connectivity index (χ2v) is 6.42. The van der Waals surface area contributed by atoms with E-state index in [0.29, 0.717) is 25.5 Å². The number of hydrogen-bond acceptors (Lipinski definition) is 6. The number of hydrogen-bond donors (Lipinski definition) is 2. The zero-order valence-corrected chi connectivity index (χ0v) is 15.0. The van der Waals surface area contributed by atoms with Gasteiger partial charge in [-0.05, 0) is 31.1 Å². The van der Waals surface area contributed by atoms with Crippen LogP contribution in [0.2, 0.25) is 0 Å². The van der Waals surface area contributed by atoms with E-state index in [1.54, 1.807) is 0 Å². The van der Waals surface area contributed by atoms with Crippen molar-refractivity contribution in [2.24, 2.45) is 11.8 Å². The normalized spacial score (nSPS) is 13.7. The van der Waals surface area contributed by atoms with E-state index in [0.717, 1.165) is 19.3 Å². The van der Waals surface area contributed by atoms with Gasteiger partial charge < -0.3 is 19.9 Å². The highest BCUT2D eigenvalue weighted by Gasteiger charge is 2.21. The van der Waals surface area contributed by atoms with Crippen LogP contribution < -0.4 is 5.32 Å². The summed E-state index contributed by atoms with van der Waals surface area (Å²) in [5.74, 6) is 0.0599.